The molecule has 0 bridgehead atoms. The molecule has 0 radical (unpaired) electrons. The lowest BCUT2D eigenvalue weighted by Gasteiger charge is -2.28. The molecule has 1 atom stereocenters. The number of hydrogen-bond acceptors (Lipinski definition) is 5. The van der Waals surface area contributed by atoms with Crippen LogP contribution >= 0.6 is 0 Å². The number of benzene rings is 2. The van der Waals surface area contributed by atoms with Gasteiger partial charge in [-0.2, -0.15) is 0 Å². The third-order valence-corrected chi connectivity index (χ3v) is 5.24. The van der Waals surface area contributed by atoms with E-state index in [9.17, 15) is 9.59 Å². The van der Waals surface area contributed by atoms with Crippen molar-refractivity contribution in [3.63, 3.8) is 0 Å². The van der Waals surface area contributed by atoms with E-state index in [2.05, 4.69) is 17.0 Å². The molecule has 1 aliphatic heterocycles. The van der Waals surface area contributed by atoms with Crippen LogP contribution in [0, 0.1) is 0 Å². The van der Waals surface area contributed by atoms with Gasteiger partial charge >= 0.3 is 5.97 Å². The van der Waals surface area contributed by atoms with E-state index in [1.165, 1.54) is 10.5 Å². The highest BCUT2D eigenvalue weighted by molar-refractivity contribution is 5.98. The summed E-state index contributed by atoms with van der Waals surface area (Å²) in [6, 6.07) is 17.6. The lowest BCUT2D eigenvalue weighted by Crippen LogP contribution is -2.43. The Labute approximate surface area is 178 Å². The zero-order valence-electron chi connectivity index (χ0n) is 17.8. The number of nitrogens with zero attached hydrogens (tertiary/aromatic N) is 2. The molecule has 2 aromatic rings. The van der Waals surface area contributed by atoms with Crippen LogP contribution in [0.15, 0.2) is 54.6 Å². The van der Waals surface area contributed by atoms with Gasteiger partial charge in [0.25, 0.3) is 0 Å². The summed E-state index contributed by atoms with van der Waals surface area (Å²) in [5.41, 5.74) is 1.88. The van der Waals surface area contributed by atoms with Gasteiger partial charge in [-0.25, -0.2) is 0 Å². The van der Waals surface area contributed by atoms with Gasteiger partial charge in [-0.05, 0) is 63.1 Å². The third kappa shape index (κ3) is 5.60. The SMILES string of the molecule is CCOC(=O)CN(C(=O)CN1CCCC1c1ccc(OCC)cc1)c1ccccc1. The predicted octanol–water partition coefficient (Wildman–Crippen LogP) is 3.82. The quantitative estimate of drug-likeness (QED) is 0.588. The Bertz CT molecular complexity index is 823. The van der Waals surface area contributed by atoms with Gasteiger partial charge in [0, 0.05) is 11.7 Å². The number of carbonyl (C=O) groups excluding carboxylic acids is 2. The maximum Gasteiger partial charge on any atom is 0.326 e. The molecule has 0 N–H and O–H groups in total. The third-order valence-electron chi connectivity index (χ3n) is 5.24. The minimum atomic E-state index is -0.404. The minimum absolute atomic E-state index is 0.0851. The number of likely N-dealkylation sites (tertiary alicyclic amines) is 1. The van der Waals surface area contributed by atoms with Crippen LogP contribution in [0.2, 0.25) is 0 Å². The van der Waals surface area contributed by atoms with Crippen LogP contribution in [0.3, 0.4) is 0 Å². The molecule has 6 nitrogen and oxygen atoms in total. The lowest BCUT2D eigenvalue weighted by molar-refractivity contribution is -0.142. The number of ether oxygens (including phenoxy) is 2. The second kappa shape index (κ2) is 10.8. The van der Waals surface area contributed by atoms with E-state index in [0.29, 0.717) is 18.9 Å². The van der Waals surface area contributed by atoms with Crippen molar-refractivity contribution >= 4 is 17.6 Å². The van der Waals surface area contributed by atoms with E-state index >= 15 is 0 Å². The summed E-state index contributed by atoms with van der Waals surface area (Å²) in [6.07, 6.45) is 2.04. The lowest BCUT2D eigenvalue weighted by atomic mass is 10.0. The van der Waals surface area contributed by atoms with Crippen LogP contribution < -0.4 is 9.64 Å². The number of amides is 1. The van der Waals surface area contributed by atoms with E-state index in [-0.39, 0.29) is 25.0 Å². The molecule has 0 saturated carbocycles. The Morgan fingerprint density at radius 1 is 1.03 bits per heavy atom. The van der Waals surface area contributed by atoms with Crippen molar-refractivity contribution in [3.8, 4) is 5.75 Å². The monoisotopic (exact) mass is 410 g/mol. The fourth-order valence-electron chi connectivity index (χ4n) is 3.87. The average Bonchev–Trinajstić information content (AvgIpc) is 3.21. The van der Waals surface area contributed by atoms with Gasteiger partial charge in [0.05, 0.1) is 19.8 Å². The highest BCUT2D eigenvalue weighted by Crippen LogP contribution is 2.32. The molecule has 1 amide bonds. The fraction of sp³-hybridized carbons (Fsp3) is 0.417. The molecule has 3 rings (SSSR count). The molecule has 30 heavy (non-hydrogen) atoms. The van der Waals surface area contributed by atoms with Crippen LogP contribution in [-0.2, 0) is 14.3 Å². The minimum Gasteiger partial charge on any atom is -0.494 e. The van der Waals surface area contributed by atoms with Crippen LogP contribution in [0.1, 0.15) is 38.3 Å². The summed E-state index contributed by atoms with van der Waals surface area (Å²) in [7, 11) is 0. The number of para-hydroxylation sites is 1. The summed E-state index contributed by atoms with van der Waals surface area (Å²) < 4.78 is 10.6. The molecule has 1 unspecified atom stereocenters. The molecule has 0 spiro atoms. The smallest absolute Gasteiger partial charge is 0.326 e. The summed E-state index contributed by atoms with van der Waals surface area (Å²) >= 11 is 0. The first-order chi connectivity index (χ1) is 14.6. The van der Waals surface area contributed by atoms with Crippen molar-refractivity contribution in [1.29, 1.82) is 0 Å². The highest BCUT2D eigenvalue weighted by atomic mass is 16.5. The number of carbonyl (C=O) groups is 2. The summed E-state index contributed by atoms with van der Waals surface area (Å²) in [5.74, 6) is 0.345. The van der Waals surface area contributed by atoms with Gasteiger partial charge in [-0.15, -0.1) is 0 Å². The average molecular weight is 411 g/mol. The summed E-state index contributed by atoms with van der Waals surface area (Å²) in [6.45, 7) is 5.68. The molecule has 2 aromatic carbocycles. The topological polar surface area (TPSA) is 59.1 Å². The molecule has 1 fully saturated rings. The van der Waals surface area contributed by atoms with Crippen molar-refractivity contribution in [2.75, 3.05) is 37.7 Å². The van der Waals surface area contributed by atoms with Crippen LogP contribution in [0.25, 0.3) is 0 Å². The van der Waals surface area contributed by atoms with E-state index in [0.717, 1.165) is 25.1 Å². The molecule has 0 aromatic heterocycles. The molecule has 1 aliphatic rings. The maximum absolute atomic E-state index is 13.2. The number of hydrogen-bond donors (Lipinski definition) is 0. The largest absolute Gasteiger partial charge is 0.494 e. The van der Waals surface area contributed by atoms with Gasteiger partial charge in [0.2, 0.25) is 5.91 Å². The van der Waals surface area contributed by atoms with Crippen molar-refractivity contribution in [2.24, 2.45) is 0 Å². The first-order valence-electron chi connectivity index (χ1n) is 10.6. The van der Waals surface area contributed by atoms with Crippen LogP contribution in [-0.4, -0.2) is 49.6 Å². The number of rotatable bonds is 9. The molecule has 160 valence electrons. The fourth-order valence-corrected chi connectivity index (χ4v) is 3.87. The summed E-state index contributed by atoms with van der Waals surface area (Å²) in [5, 5.41) is 0. The predicted molar refractivity (Wildman–Crippen MR) is 117 cm³/mol. The van der Waals surface area contributed by atoms with Crippen molar-refractivity contribution in [1.82, 2.24) is 4.90 Å². The van der Waals surface area contributed by atoms with E-state index in [1.807, 2.05) is 49.4 Å². The van der Waals surface area contributed by atoms with Gasteiger partial charge in [0.15, 0.2) is 0 Å². The molecular weight excluding hydrogens is 380 g/mol. The second-order valence-electron chi connectivity index (χ2n) is 7.25. The molecular formula is C24H30N2O4. The highest BCUT2D eigenvalue weighted by Gasteiger charge is 2.30. The van der Waals surface area contributed by atoms with Gasteiger partial charge in [0.1, 0.15) is 12.3 Å². The van der Waals surface area contributed by atoms with Crippen molar-refractivity contribution in [2.45, 2.75) is 32.7 Å². The number of anilines is 1. The molecule has 0 aliphatic carbocycles. The Kier molecular flexibility index (Phi) is 7.85. The first-order valence-corrected chi connectivity index (χ1v) is 10.6. The van der Waals surface area contributed by atoms with E-state index in [1.54, 1.807) is 6.92 Å². The Morgan fingerprint density at radius 3 is 2.43 bits per heavy atom. The van der Waals surface area contributed by atoms with Gasteiger partial charge in [-0.1, -0.05) is 30.3 Å². The van der Waals surface area contributed by atoms with Crippen LogP contribution in [0.4, 0.5) is 5.69 Å². The molecule has 6 heteroatoms. The zero-order valence-corrected chi connectivity index (χ0v) is 17.8. The molecule has 1 heterocycles. The Hall–Kier alpha value is -2.86. The number of esters is 1. The van der Waals surface area contributed by atoms with Gasteiger partial charge in [-0.3, -0.25) is 14.5 Å². The van der Waals surface area contributed by atoms with Crippen molar-refractivity contribution in [3.05, 3.63) is 60.2 Å². The Morgan fingerprint density at radius 2 is 1.77 bits per heavy atom. The maximum atomic E-state index is 13.2. The van der Waals surface area contributed by atoms with Crippen molar-refractivity contribution < 1.29 is 19.1 Å². The second-order valence-corrected chi connectivity index (χ2v) is 7.25. The Balaban J connectivity index is 1.72. The first kappa shape index (κ1) is 21.8. The van der Waals surface area contributed by atoms with Gasteiger partial charge < -0.3 is 14.4 Å². The summed E-state index contributed by atoms with van der Waals surface area (Å²) in [4.78, 5) is 29.0. The van der Waals surface area contributed by atoms with Crippen LogP contribution in [0.5, 0.6) is 5.75 Å². The zero-order chi connectivity index (χ0) is 21.3. The van der Waals surface area contributed by atoms with E-state index < -0.39 is 5.97 Å². The standard InChI is InChI=1S/C24H30N2O4/c1-3-29-21-14-12-19(13-15-21)22-11-8-16-25(22)17-23(27)26(18-24(28)30-4-2)20-9-6-5-7-10-20/h5-7,9-10,12-15,22H,3-4,8,11,16-18H2,1-2H3. The normalized spacial score (nSPS) is 16.3. The molecule has 1 saturated heterocycles. The van der Waals surface area contributed by atoms with E-state index in [4.69, 9.17) is 9.47 Å².